The lowest BCUT2D eigenvalue weighted by atomic mass is 10.1. The molecule has 2 N–H and O–H groups in total. The first-order valence-electron chi connectivity index (χ1n) is 9.73. The molecule has 0 unspecified atom stereocenters. The molecule has 3 aromatic heterocycles. The highest BCUT2D eigenvalue weighted by Gasteiger charge is 2.25. The molecule has 0 aliphatic rings. The van der Waals surface area contributed by atoms with Gasteiger partial charge < -0.3 is 10.6 Å². The number of nitrogens with one attached hydrogen (secondary N) is 2. The number of pyridine rings is 2. The zero-order valence-electron chi connectivity index (χ0n) is 16.7. The van der Waals surface area contributed by atoms with Gasteiger partial charge in [-0.15, -0.1) is 10.2 Å². The Morgan fingerprint density at radius 3 is 2.52 bits per heavy atom. The normalized spacial score (nSPS) is 11.7. The topological polar surface area (TPSA) is 84.2 Å². The van der Waals surface area contributed by atoms with Crippen molar-refractivity contribution < 1.29 is 4.79 Å². The Hall–Kier alpha value is -2.70. The van der Waals surface area contributed by atoms with Gasteiger partial charge in [0.2, 0.25) is 0 Å². The Morgan fingerprint density at radius 2 is 1.89 bits per heavy atom. The van der Waals surface area contributed by atoms with Crippen molar-refractivity contribution in [2.45, 2.75) is 59.4 Å². The molecule has 144 valence electrons. The predicted octanol–water partition coefficient (Wildman–Crippen LogP) is 3.75. The number of carbonyl (C=O) groups is 1. The van der Waals surface area contributed by atoms with Gasteiger partial charge in [-0.3, -0.25) is 9.20 Å². The van der Waals surface area contributed by atoms with E-state index in [-0.39, 0.29) is 17.9 Å². The third kappa shape index (κ3) is 3.34. The van der Waals surface area contributed by atoms with Crippen molar-refractivity contribution in [1.82, 2.24) is 24.9 Å². The van der Waals surface area contributed by atoms with Crippen LogP contribution in [0, 0.1) is 0 Å². The Balaban J connectivity index is 2.42. The van der Waals surface area contributed by atoms with Crippen LogP contribution in [0.5, 0.6) is 0 Å². The SMILES string of the molecule is CCNC(=O)c1c(NC(CC)CC)c2cccnc2n2c(C(C)C)nnc12. The van der Waals surface area contributed by atoms with Crippen LogP contribution >= 0.6 is 0 Å². The molecule has 0 radical (unpaired) electrons. The molecule has 0 bridgehead atoms. The second kappa shape index (κ2) is 7.90. The number of aromatic nitrogens is 4. The minimum atomic E-state index is -0.149. The summed E-state index contributed by atoms with van der Waals surface area (Å²) in [6.45, 7) is 10.9. The maximum absolute atomic E-state index is 13.0. The lowest BCUT2D eigenvalue weighted by molar-refractivity contribution is 0.0958. The molecule has 1 amide bonds. The third-order valence-electron chi connectivity index (χ3n) is 4.84. The first kappa shape index (κ1) is 19.1. The van der Waals surface area contributed by atoms with E-state index in [0.29, 0.717) is 17.8 Å². The Kier molecular flexibility index (Phi) is 5.58. The smallest absolute Gasteiger partial charge is 0.257 e. The molecule has 3 heterocycles. The molecular formula is C20H28N6O. The predicted molar refractivity (Wildman–Crippen MR) is 108 cm³/mol. The minimum Gasteiger partial charge on any atom is -0.381 e. The van der Waals surface area contributed by atoms with E-state index >= 15 is 0 Å². The van der Waals surface area contributed by atoms with Crippen molar-refractivity contribution in [2.75, 3.05) is 11.9 Å². The van der Waals surface area contributed by atoms with Crippen LogP contribution in [0.3, 0.4) is 0 Å². The second-order valence-electron chi connectivity index (χ2n) is 7.01. The van der Waals surface area contributed by atoms with Gasteiger partial charge in [-0.2, -0.15) is 0 Å². The molecule has 7 nitrogen and oxygen atoms in total. The summed E-state index contributed by atoms with van der Waals surface area (Å²) < 4.78 is 1.92. The highest BCUT2D eigenvalue weighted by atomic mass is 16.1. The fourth-order valence-electron chi connectivity index (χ4n) is 3.37. The van der Waals surface area contributed by atoms with Gasteiger partial charge in [0.15, 0.2) is 5.65 Å². The summed E-state index contributed by atoms with van der Waals surface area (Å²) in [5, 5.41) is 16.2. The molecular weight excluding hydrogens is 340 g/mol. The van der Waals surface area contributed by atoms with E-state index in [2.05, 4.69) is 53.5 Å². The van der Waals surface area contributed by atoms with Crippen LogP contribution in [0.1, 0.15) is 69.6 Å². The number of carbonyl (C=O) groups excluding carboxylic acids is 1. The maximum Gasteiger partial charge on any atom is 0.257 e. The average molecular weight is 368 g/mol. The second-order valence-corrected chi connectivity index (χ2v) is 7.01. The summed E-state index contributed by atoms with van der Waals surface area (Å²) in [6.07, 6.45) is 3.68. The summed E-state index contributed by atoms with van der Waals surface area (Å²) in [5.41, 5.74) is 2.63. The van der Waals surface area contributed by atoms with Gasteiger partial charge in [-0.05, 0) is 31.9 Å². The highest BCUT2D eigenvalue weighted by molar-refractivity contribution is 6.12. The fourth-order valence-corrected chi connectivity index (χ4v) is 3.37. The van der Waals surface area contributed by atoms with Crippen LogP contribution in [0.4, 0.5) is 5.69 Å². The van der Waals surface area contributed by atoms with E-state index in [1.165, 1.54) is 0 Å². The van der Waals surface area contributed by atoms with E-state index in [9.17, 15) is 4.79 Å². The standard InChI is InChI=1S/C20H28N6O/c1-6-13(7-2)23-16-14-10-9-11-22-18(14)26-17(12(4)5)24-25-19(26)15(16)20(27)21-8-3/h9-13,23H,6-8H2,1-5H3,(H,21,27). The number of hydrogen-bond donors (Lipinski definition) is 2. The lowest BCUT2D eigenvalue weighted by Crippen LogP contribution is -2.27. The van der Waals surface area contributed by atoms with Crippen molar-refractivity contribution in [3.8, 4) is 0 Å². The van der Waals surface area contributed by atoms with Crippen molar-refractivity contribution >= 4 is 28.3 Å². The van der Waals surface area contributed by atoms with E-state index in [4.69, 9.17) is 0 Å². The highest BCUT2D eigenvalue weighted by Crippen LogP contribution is 2.32. The minimum absolute atomic E-state index is 0.149. The number of nitrogens with zero attached hydrogens (tertiary/aromatic N) is 4. The van der Waals surface area contributed by atoms with Crippen molar-refractivity contribution in [3.05, 3.63) is 29.7 Å². The van der Waals surface area contributed by atoms with Crippen LogP contribution in [0.2, 0.25) is 0 Å². The molecule has 0 saturated carbocycles. The maximum atomic E-state index is 13.0. The van der Waals surface area contributed by atoms with Gasteiger partial charge in [-0.25, -0.2) is 4.98 Å². The summed E-state index contributed by atoms with van der Waals surface area (Å²) >= 11 is 0. The Morgan fingerprint density at radius 1 is 1.15 bits per heavy atom. The van der Waals surface area contributed by atoms with Gasteiger partial charge >= 0.3 is 0 Å². The zero-order valence-corrected chi connectivity index (χ0v) is 16.7. The number of rotatable bonds is 7. The number of hydrogen-bond acceptors (Lipinski definition) is 5. The van der Waals surface area contributed by atoms with Crippen molar-refractivity contribution in [2.24, 2.45) is 0 Å². The first-order chi connectivity index (χ1) is 13.0. The monoisotopic (exact) mass is 368 g/mol. The number of fused-ring (bicyclic) bond motifs is 3. The Labute approximate surface area is 159 Å². The van der Waals surface area contributed by atoms with E-state index in [1.54, 1.807) is 6.20 Å². The zero-order chi connectivity index (χ0) is 19.6. The number of anilines is 1. The largest absolute Gasteiger partial charge is 0.381 e. The molecule has 0 fully saturated rings. The molecule has 0 aliphatic carbocycles. The molecule has 27 heavy (non-hydrogen) atoms. The van der Waals surface area contributed by atoms with E-state index < -0.39 is 0 Å². The fraction of sp³-hybridized carbons (Fsp3) is 0.500. The summed E-state index contributed by atoms with van der Waals surface area (Å²) in [6, 6.07) is 4.16. The van der Waals surface area contributed by atoms with E-state index in [0.717, 1.165) is 35.4 Å². The van der Waals surface area contributed by atoms with Crippen molar-refractivity contribution in [3.63, 3.8) is 0 Å². The van der Waals surface area contributed by atoms with Crippen LogP contribution in [0.25, 0.3) is 16.7 Å². The molecule has 0 spiro atoms. The van der Waals surface area contributed by atoms with Crippen LogP contribution in [-0.2, 0) is 0 Å². The lowest BCUT2D eigenvalue weighted by Gasteiger charge is -2.21. The molecule has 0 aromatic carbocycles. The van der Waals surface area contributed by atoms with Crippen LogP contribution < -0.4 is 10.6 Å². The quantitative estimate of drug-likeness (QED) is 0.663. The molecule has 0 atom stereocenters. The number of amides is 1. The average Bonchev–Trinajstić information content (AvgIpc) is 3.11. The third-order valence-corrected chi connectivity index (χ3v) is 4.84. The molecule has 0 aliphatic heterocycles. The van der Waals surface area contributed by atoms with Gasteiger partial charge in [0, 0.05) is 30.1 Å². The molecule has 0 saturated heterocycles. The molecule has 3 rings (SSSR count). The van der Waals surface area contributed by atoms with Gasteiger partial charge in [0.25, 0.3) is 5.91 Å². The van der Waals surface area contributed by atoms with Crippen LogP contribution in [0.15, 0.2) is 18.3 Å². The van der Waals surface area contributed by atoms with Crippen molar-refractivity contribution in [1.29, 1.82) is 0 Å². The summed E-state index contributed by atoms with van der Waals surface area (Å²) in [7, 11) is 0. The summed E-state index contributed by atoms with van der Waals surface area (Å²) in [5.74, 6) is 0.808. The van der Waals surface area contributed by atoms with Crippen LogP contribution in [-0.4, -0.2) is 38.1 Å². The van der Waals surface area contributed by atoms with Gasteiger partial charge in [0.05, 0.1) is 5.69 Å². The Bertz CT molecular complexity index is 958. The summed E-state index contributed by atoms with van der Waals surface area (Å²) in [4.78, 5) is 17.6. The first-order valence-corrected chi connectivity index (χ1v) is 9.73. The molecule has 7 heteroatoms. The van der Waals surface area contributed by atoms with Gasteiger partial charge in [-0.1, -0.05) is 27.7 Å². The van der Waals surface area contributed by atoms with Gasteiger partial charge in [0.1, 0.15) is 17.0 Å². The molecule has 3 aromatic rings. The van der Waals surface area contributed by atoms with E-state index in [1.807, 2.05) is 23.5 Å².